The Bertz CT molecular complexity index is 644. The first-order valence-electron chi connectivity index (χ1n) is 6.06. The average molecular weight is 401 g/mol. The van der Waals surface area contributed by atoms with Gasteiger partial charge in [-0.05, 0) is 52.4 Å². The van der Waals surface area contributed by atoms with Crippen molar-refractivity contribution in [2.75, 3.05) is 7.11 Å². The summed E-state index contributed by atoms with van der Waals surface area (Å²) in [6.45, 7) is 0.306. The highest BCUT2D eigenvalue weighted by atomic mass is 127. The Morgan fingerprint density at radius 2 is 2.00 bits per heavy atom. The number of ether oxygens (including phenoxy) is 2. The highest BCUT2D eigenvalue weighted by Gasteiger charge is 2.11. The summed E-state index contributed by atoms with van der Waals surface area (Å²) in [6, 6.07) is 9.64. The normalized spacial score (nSPS) is 10.8. The lowest BCUT2D eigenvalue weighted by Crippen LogP contribution is -2.01. The molecule has 2 rings (SSSR count). The third-order valence-corrected chi connectivity index (χ3v) is 3.56. The van der Waals surface area contributed by atoms with E-state index in [0.717, 1.165) is 9.13 Å². The van der Waals surface area contributed by atoms with Crippen molar-refractivity contribution in [2.24, 2.45) is 5.16 Å². The maximum atomic E-state index is 12.9. The maximum Gasteiger partial charge on any atom is 0.174 e. The number of oxime groups is 1. The van der Waals surface area contributed by atoms with Crippen molar-refractivity contribution in [3.63, 3.8) is 0 Å². The lowest BCUT2D eigenvalue weighted by atomic mass is 10.2. The van der Waals surface area contributed by atoms with Crippen molar-refractivity contribution in [1.29, 1.82) is 0 Å². The van der Waals surface area contributed by atoms with Crippen LogP contribution in [0.5, 0.6) is 11.5 Å². The maximum absolute atomic E-state index is 12.9. The smallest absolute Gasteiger partial charge is 0.174 e. The predicted octanol–water partition coefficient (Wildman–Crippen LogP) is 3.83. The number of halogens is 2. The molecular weight excluding hydrogens is 388 g/mol. The molecule has 6 heteroatoms. The first kappa shape index (κ1) is 15.6. The third-order valence-electron chi connectivity index (χ3n) is 2.76. The van der Waals surface area contributed by atoms with Gasteiger partial charge < -0.3 is 14.7 Å². The zero-order valence-electron chi connectivity index (χ0n) is 11.2. The molecule has 21 heavy (non-hydrogen) atoms. The Labute approximate surface area is 135 Å². The Morgan fingerprint density at radius 1 is 1.29 bits per heavy atom. The topological polar surface area (TPSA) is 51.0 Å². The van der Waals surface area contributed by atoms with Gasteiger partial charge in [0.25, 0.3) is 0 Å². The van der Waals surface area contributed by atoms with Crippen molar-refractivity contribution >= 4 is 28.8 Å². The van der Waals surface area contributed by atoms with E-state index < -0.39 is 0 Å². The lowest BCUT2D eigenvalue weighted by molar-refractivity contribution is 0.282. The summed E-state index contributed by atoms with van der Waals surface area (Å²) < 4.78 is 24.7. The Balaban J connectivity index is 2.20. The largest absolute Gasteiger partial charge is 0.493 e. The zero-order chi connectivity index (χ0) is 15.2. The summed E-state index contributed by atoms with van der Waals surface area (Å²) in [6.07, 6.45) is 1.31. The molecule has 4 nitrogen and oxygen atoms in total. The Hall–Kier alpha value is -1.83. The first-order chi connectivity index (χ1) is 10.1. The minimum Gasteiger partial charge on any atom is -0.493 e. The molecule has 0 aromatic heterocycles. The van der Waals surface area contributed by atoms with E-state index in [1.807, 2.05) is 6.07 Å². The van der Waals surface area contributed by atoms with Gasteiger partial charge in [-0.1, -0.05) is 17.3 Å². The molecule has 0 saturated heterocycles. The van der Waals surface area contributed by atoms with Crippen molar-refractivity contribution in [2.45, 2.75) is 6.61 Å². The summed E-state index contributed by atoms with van der Waals surface area (Å²) >= 11 is 2.11. The van der Waals surface area contributed by atoms with Gasteiger partial charge in [-0.15, -0.1) is 0 Å². The monoisotopic (exact) mass is 401 g/mol. The molecule has 0 atom stereocenters. The molecule has 0 unspecified atom stereocenters. The number of hydrogen-bond donors (Lipinski definition) is 1. The Morgan fingerprint density at radius 3 is 2.62 bits per heavy atom. The molecule has 2 aromatic carbocycles. The molecule has 0 saturated carbocycles. The van der Waals surface area contributed by atoms with E-state index in [0.29, 0.717) is 23.7 Å². The van der Waals surface area contributed by atoms with Crippen LogP contribution in [0.25, 0.3) is 0 Å². The van der Waals surface area contributed by atoms with Crippen LogP contribution in [0.15, 0.2) is 41.6 Å². The molecule has 0 spiro atoms. The molecule has 0 heterocycles. The van der Waals surface area contributed by atoms with Crippen LogP contribution < -0.4 is 9.47 Å². The van der Waals surface area contributed by atoms with E-state index in [-0.39, 0.29) is 5.82 Å². The lowest BCUT2D eigenvalue weighted by Gasteiger charge is -2.13. The van der Waals surface area contributed by atoms with Crippen LogP contribution in [0.4, 0.5) is 4.39 Å². The van der Waals surface area contributed by atoms with Crippen LogP contribution in [0.3, 0.4) is 0 Å². The van der Waals surface area contributed by atoms with Gasteiger partial charge in [0.05, 0.1) is 16.9 Å². The third kappa shape index (κ3) is 4.07. The predicted molar refractivity (Wildman–Crippen MR) is 85.8 cm³/mol. The van der Waals surface area contributed by atoms with Gasteiger partial charge in [-0.3, -0.25) is 0 Å². The number of methoxy groups -OCH3 is 1. The zero-order valence-corrected chi connectivity index (χ0v) is 13.4. The van der Waals surface area contributed by atoms with Gasteiger partial charge >= 0.3 is 0 Å². The van der Waals surface area contributed by atoms with Crippen LogP contribution in [-0.4, -0.2) is 18.5 Å². The highest BCUT2D eigenvalue weighted by molar-refractivity contribution is 14.1. The number of rotatable bonds is 5. The van der Waals surface area contributed by atoms with E-state index in [1.54, 1.807) is 18.2 Å². The van der Waals surface area contributed by atoms with Gasteiger partial charge in [0, 0.05) is 5.56 Å². The molecule has 0 bridgehead atoms. The van der Waals surface area contributed by atoms with Crippen LogP contribution in [-0.2, 0) is 6.61 Å². The number of nitrogens with zero attached hydrogens (tertiary/aromatic N) is 1. The fourth-order valence-electron chi connectivity index (χ4n) is 1.76. The van der Waals surface area contributed by atoms with Gasteiger partial charge in [0.1, 0.15) is 12.4 Å². The van der Waals surface area contributed by atoms with E-state index in [1.165, 1.54) is 25.5 Å². The number of benzene rings is 2. The average Bonchev–Trinajstić information content (AvgIpc) is 2.47. The molecule has 2 aromatic rings. The number of hydrogen-bond acceptors (Lipinski definition) is 4. The second-order valence-corrected chi connectivity index (χ2v) is 5.36. The molecule has 0 radical (unpaired) electrons. The minimum absolute atomic E-state index is 0.279. The molecule has 0 aliphatic carbocycles. The SMILES string of the molecule is COc1cc(/C=N/O)cc(I)c1OCc1ccc(F)cc1. The van der Waals surface area contributed by atoms with Crippen LogP contribution >= 0.6 is 22.6 Å². The summed E-state index contributed by atoms with van der Waals surface area (Å²) in [5.74, 6) is 0.856. The fraction of sp³-hybridized carbons (Fsp3) is 0.133. The molecule has 110 valence electrons. The molecule has 0 aliphatic heterocycles. The van der Waals surface area contributed by atoms with Gasteiger partial charge in [0.2, 0.25) is 0 Å². The molecule has 0 amide bonds. The molecule has 1 N–H and O–H groups in total. The van der Waals surface area contributed by atoms with Crippen molar-refractivity contribution < 1.29 is 19.1 Å². The Kier molecular flexibility index (Phi) is 5.38. The van der Waals surface area contributed by atoms with E-state index in [4.69, 9.17) is 14.7 Å². The first-order valence-corrected chi connectivity index (χ1v) is 7.14. The van der Waals surface area contributed by atoms with E-state index in [9.17, 15) is 4.39 Å². The summed E-state index contributed by atoms with van der Waals surface area (Å²) in [5.41, 5.74) is 1.56. The molecule has 0 fully saturated rings. The fourth-order valence-corrected chi connectivity index (χ4v) is 2.54. The second-order valence-electron chi connectivity index (χ2n) is 4.19. The summed E-state index contributed by atoms with van der Waals surface area (Å²) in [7, 11) is 1.54. The van der Waals surface area contributed by atoms with Crippen LogP contribution in [0, 0.1) is 9.39 Å². The van der Waals surface area contributed by atoms with Gasteiger partial charge in [-0.25, -0.2) is 4.39 Å². The van der Waals surface area contributed by atoms with Crippen molar-refractivity contribution in [3.05, 3.63) is 56.9 Å². The van der Waals surface area contributed by atoms with Crippen molar-refractivity contribution in [3.8, 4) is 11.5 Å². The molecule has 0 aliphatic rings. The quantitative estimate of drug-likeness (QED) is 0.359. The summed E-state index contributed by atoms with van der Waals surface area (Å²) in [5, 5.41) is 11.6. The molecular formula is C15H13FINO3. The standard InChI is InChI=1S/C15H13FINO3/c1-20-14-7-11(8-18-19)6-13(17)15(14)21-9-10-2-4-12(16)5-3-10/h2-8,19H,9H2,1H3/b18-8+. The highest BCUT2D eigenvalue weighted by Crippen LogP contribution is 2.34. The minimum atomic E-state index is -0.279. The van der Waals surface area contributed by atoms with Gasteiger partial charge in [0.15, 0.2) is 11.5 Å². The van der Waals surface area contributed by atoms with E-state index in [2.05, 4.69) is 27.7 Å². The van der Waals surface area contributed by atoms with Crippen molar-refractivity contribution in [1.82, 2.24) is 0 Å². The van der Waals surface area contributed by atoms with E-state index >= 15 is 0 Å². The van der Waals surface area contributed by atoms with Gasteiger partial charge in [-0.2, -0.15) is 0 Å². The van der Waals surface area contributed by atoms with Crippen LogP contribution in [0.1, 0.15) is 11.1 Å². The second kappa shape index (κ2) is 7.26. The summed E-state index contributed by atoms with van der Waals surface area (Å²) in [4.78, 5) is 0. The van der Waals surface area contributed by atoms with Crippen LogP contribution in [0.2, 0.25) is 0 Å².